The van der Waals surface area contributed by atoms with E-state index in [1.165, 1.54) is 4.90 Å². The zero-order valence-corrected chi connectivity index (χ0v) is 24.5. The minimum atomic E-state index is -1.14. The zero-order chi connectivity index (χ0) is 30.2. The number of carbonyl (C=O) groups excluding carboxylic acids is 3. The van der Waals surface area contributed by atoms with E-state index in [0.29, 0.717) is 11.3 Å². The maximum atomic E-state index is 14.3. The van der Waals surface area contributed by atoms with Crippen LogP contribution in [0.2, 0.25) is 0 Å². The van der Waals surface area contributed by atoms with Crippen LogP contribution in [0.3, 0.4) is 0 Å². The predicted molar refractivity (Wildman–Crippen MR) is 159 cm³/mol. The number of hydrogen-bond donors (Lipinski definition) is 2. The average Bonchev–Trinajstić information content (AvgIpc) is 2.90. The Hall–Kier alpha value is -4.64. The predicted octanol–water partition coefficient (Wildman–Crippen LogP) is 5.78. The van der Waals surface area contributed by atoms with Crippen LogP contribution in [0.5, 0.6) is 0 Å². The van der Waals surface area contributed by atoms with Crippen molar-refractivity contribution in [2.75, 3.05) is 11.9 Å². The van der Waals surface area contributed by atoms with E-state index in [1.807, 2.05) is 87.5 Å². The number of aryl methyl sites for hydroxylation is 3. The van der Waals surface area contributed by atoms with E-state index in [2.05, 4.69) is 16.7 Å². The Morgan fingerprint density at radius 3 is 2.22 bits per heavy atom. The maximum absolute atomic E-state index is 14.3. The fourth-order valence-electron chi connectivity index (χ4n) is 4.49. The summed E-state index contributed by atoms with van der Waals surface area (Å²) in [6.45, 7) is 10.5. The highest BCUT2D eigenvalue weighted by molar-refractivity contribution is 5.99. The zero-order valence-electron chi connectivity index (χ0n) is 24.5. The van der Waals surface area contributed by atoms with Crippen LogP contribution in [0.25, 0.3) is 0 Å². The van der Waals surface area contributed by atoms with Crippen molar-refractivity contribution in [2.24, 2.45) is 0 Å². The lowest BCUT2D eigenvalue weighted by molar-refractivity contribution is -0.140. The van der Waals surface area contributed by atoms with Crippen molar-refractivity contribution in [2.45, 2.75) is 65.6 Å². The second-order valence-corrected chi connectivity index (χ2v) is 11.1. The molecule has 0 spiro atoms. The fourth-order valence-corrected chi connectivity index (χ4v) is 4.49. The minimum Gasteiger partial charge on any atom is -0.444 e. The van der Waals surface area contributed by atoms with Gasteiger partial charge in [-0.3, -0.25) is 9.59 Å². The summed E-state index contributed by atoms with van der Waals surface area (Å²) in [7, 11) is 0. The first-order valence-corrected chi connectivity index (χ1v) is 13.5. The Bertz CT molecular complexity index is 1420. The Morgan fingerprint density at radius 1 is 0.927 bits per heavy atom. The lowest BCUT2D eigenvalue weighted by Crippen LogP contribution is -2.53. The number of para-hydroxylation sites is 1. The molecule has 2 N–H and O–H groups in total. The molecule has 3 amide bonds. The van der Waals surface area contributed by atoms with Gasteiger partial charge in [0.25, 0.3) is 5.91 Å². The molecule has 0 aromatic heterocycles. The normalized spacial score (nSPS) is 12.4. The largest absolute Gasteiger partial charge is 0.444 e. The SMILES string of the molecule is Cc1ccc(C)c(C(C(=O)Nc2ccccc2C)N(CC#N)C(=O)C(Cc2ccccc2)NC(=O)OC(C)(C)C)c1. The highest BCUT2D eigenvalue weighted by Crippen LogP contribution is 2.29. The van der Waals surface area contributed by atoms with E-state index in [1.54, 1.807) is 26.8 Å². The van der Waals surface area contributed by atoms with E-state index in [4.69, 9.17) is 4.74 Å². The van der Waals surface area contributed by atoms with Gasteiger partial charge in [-0.25, -0.2) is 4.79 Å². The molecule has 8 nitrogen and oxygen atoms in total. The minimum absolute atomic E-state index is 0.139. The van der Waals surface area contributed by atoms with E-state index in [9.17, 15) is 19.6 Å². The van der Waals surface area contributed by atoms with Crippen molar-refractivity contribution in [3.8, 4) is 6.07 Å². The number of nitrogens with one attached hydrogen (secondary N) is 2. The molecule has 0 aliphatic rings. The van der Waals surface area contributed by atoms with Crippen LogP contribution in [0.4, 0.5) is 10.5 Å². The van der Waals surface area contributed by atoms with Crippen LogP contribution in [0.15, 0.2) is 72.8 Å². The smallest absolute Gasteiger partial charge is 0.408 e. The summed E-state index contributed by atoms with van der Waals surface area (Å²) >= 11 is 0. The molecule has 8 heteroatoms. The van der Waals surface area contributed by atoms with Gasteiger partial charge in [0.2, 0.25) is 5.91 Å². The highest BCUT2D eigenvalue weighted by atomic mass is 16.6. The molecule has 3 aromatic carbocycles. The molecule has 0 radical (unpaired) electrons. The first-order valence-electron chi connectivity index (χ1n) is 13.5. The van der Waals surface area contributed by atoms with Crippen molar-refractivity contribution < 1.29 is 19.1 Å². The van der Waals surface area contributed by atoms with Gasteiger partial charge in [-0.15, -0.1) is 0 Å². The lowest BCUT2D eigenvalue weighted by Gasteiger charge is -2.34. The number of anilines is 1. The van der Waals surface area contributed by atoms with Gasteiger partial charge < -0.3 is 20.3 Å². The number of nitrogens with zero attached hydrogens (tertiary/aromatic N) is 2. The van der Waals surface area contributed by atoms with Crippen LogP contribution in [-0.4, -0.2) is 41.0 Å². The van der Waals surface area contributed by atoms with Gasteiger partial charge in [-0.05, 0) is 69.9 Å². The van der Waals surface area contributed by atoms with Crippen molar-refractivity contribution in [3.05, 3.63) is 101 Å². The van der Waals surface area contributed by atoms with Crippen molar-refractivity contribution in [1.29, 1.82) is 5.26 Å². The van der Waals surface area contributed by atoms with Gasteiger partial charge in [0.15, 0.2) is 0 Å². The maximum Gasteiger partial charge on any atom is 0.408 e. The van der Waals surface area contributed by atoms with Gasteiger partial charge in [-0.1, -0.05) is 72.3 Å². The molecule has 2 unspecified atom stereocenters. The molecule has 3 rings (SSSR count). The molecule has 2 atom stereocenters. The van der Waals surface area contributed by atoms with Crippen LogP contribution in [-0.2, 0) is 20.7 Å². The lowest BCUT2D eigenvalue weighted by atomic mass is 9.95. The summed E-state index contributed by atoms with van der Waals surface area (Å²) in [4.78, 5) is 42.4. The second-order valence-electron chi connectivity index (χ2n) is 11.1. The Labute approximate surface area is 242 Å². The third kappa shape index (κ3) is 8.67. The van der Waals surface area contributed by atoms with Gasteiger partial charge in [0, 0.05) is 12.1 Å². The molecule has 214 valence electrons. The number of alkyl carbamates (subject to hydrolysis) is 1. The summed E-state index contributed by atoms with van der Waals surface area (Å²) in [5.41, 5.74) is 3.75. The molecule has 0 bridgehead atoms. The van der Waals surface area contributed by atoms with Gasteiger partial charge >= 0.3 is 6.09 Å². The monoisotopic (exact) mass is 554 g/mol. The molecule has 0 aliphatic heterocycles. The molecule has 0 fully saturated rings. The quantitative estimate of drug-likeness (QED) is 0.326. The van der Waals surface area contributed by atoms with Gasteiger partial charge in [-0.2, -0.15) is 5.26 Å². The van der Waals surface area contributed by atoms with E-state index in [-0.39, 0.29) is 13.0 Å². The number of nitriles is 1. The molecule has 0 heterocycles. The first-order chi connectivity index (χ1) is 19.4. The summed E-state index contributed by atoms with van der Waals surface area (Å²) in [5.74, 6) is -1.04. The van der Waals surface area contributed by atoms with Crippen molar-refractivity contribution >= 4 is 23.6 Å². The Balaban J connectivity index is 2.09. The molecule has 0 saturated heterocycles. The summed E-state index contributed by atoms with van der Waals surface area (Å²) < 4.78 is 5.45. The van der Waals surface area contributed by atoms with E-state index < -0.39 is 35.6 Å². The second kappa shape index (κ2) is 13.6. The molecule has 3 aromatic rings. The standard InChI is InChI=1S/C33H38N4O4/c1-22-16-17-23(2)26(20-22)29(30(38)35-27-15-11-10-12-24(27)3)37(19-18-34)31(39)28(21-25-13-8-7-9-14-25)36-32(40)41-33(4,5)6/h7-17,20,28-29H,19,21H2,1-6H3,(H,35,38)(H,36,40). The summed E-state index contributed by atoms with van der Waals surface area (Å²) in [6.07, 6.45) is -0.629. The Morgan fingerprint density at radius 2 is 1.59 bits per heavy atom. The number of rotatable bonds is 9. The average molecular weight is 555 g/mol. The van der Waals surface area contributed by atoms with Crippen LogP contribution in [0, 0.1) is 32.1 Å². The fraction of sp³-hybridized carbons (Fsp3) is 0.333. The van der Waals surface area contributed by atoms with Gasteiger partial charge in [0.1, 0.15) is 24.2 Å². The van der Waals surface area contributed by atoms with Crippen LogP contribution < -0.4 is 10.6 Å². The Kier molecular flexibility index (Phi) is 10.3. The first kappa shape index (κ1) is 30.9. The third-order valence-electron chi connectivity index (χ3n) is 6.49. The number of hydrogen-bond acceptors (Lipinski definition) is 5. The van der Waals surface area contributed by atoms with E-state index >= 15 is 0 Å². The topological polar surface area (TPSA) is 112 Å². The highest BCUT2D eigenvalue weighted by Gasteiger charge is 2.37. The van der Waals surface area contributed by atoms with E-state index in [0.717, 1.165) is 22.3 Å². The molecular formula is C33H38N4O4. The van der Waals surface area contributed by atoms with Crippen molar-refractivity contribution in [1.82, 2.24) is 10.2 Å². The number of ether oxygens (including phenoxy) is 1. The van der Waals surface area contributed by atoms with Crippen molar-refractivity contribution in [3.63, 3.8) is 0 Å². The summed E-state index contributed by atoms with van der Waals surface area (Å²) in [6, 6.07) is 22.0. The molecule has 0 aliphatic carbocycles. The van der Waals surface area contributed by atoms with Crippen LogP contribution >= 0.6 is 0 Å². The summed E-state index contributed by atoms with van der Waals surface area (Å²) in [5, 5.41) is 15.5. The third-order valence-corrected chi connectivity index (χ3v) is 6.49. The molecule has 41 heavy (non-hydrogen) atoms. The number of benzene rings is 3. The van der Waals surface area contributed by atoms with Crippen LogP contribution in [0.1, 0.15) is 54.6 Å². The van der Waals surface area contributed by atoms with Gasteiger partial charge in [0.05, 0.1) is 6.07 Å². The number of carbonyl (C=O) groups is 3. The molecular weight excluding hydrogens is 516 g/mol. The number of amides is 3. The molecule has 0 saturated carbocycles.